The monoisotopic (exact) mass is 226 g/mol. The molecule has 0 unspecified atom stereocenters. The Labute approximate surface area is 95.4 Å². The van der Waals surface area contributed by atoms with Crippen molar-refractivity contribution in [3.63, 3.8) is 0 Å². The fraction of sp³-hybridized carbons (Fsp3) is 0.800. The standard InChI is InChI=1S/C10H18N4O2/c1-9(2)7-12-10(3,4)14(9)16-15-13-6-5-11-8-13/h5,7H,6,8H2,1-4H3. The second-order valence-corrected chi connectivity index (χ2v) is 5.02. The van der Waals surface area contributed by atoms with Crippen molar-refractivity contribution in [3.8, 4) is 0 Å². The SMILES string of the molecule is CC1(C)C=NC(C)(C)N1OON1CC=NC1. The highest BCUT2D eigenvalue weighted by Crippen LogP contribution is 2.31. The van der Waals surface area contributed by atoms with Crippen LogP contribution in [-0.2, 0) is 9.98 Å². The first-order chi connectivity index (χ1) is 7.42. The Morgan fingerprint density at radius 1 is 1.19 bits per heavy atom. The molecule has 0 radical (unpaired) electrons. The van der Waals surface area contributed by atoms with Gasteiger partial charge in [-0.05, 0) is 27.7 Å². The van der Waals surface area contributed by atoms with Crippen molar-refractivity contribution in [3.05, 3.63) is 0 Å². The fourth-order valence-corrected chi connectivity index (χ4v) is 1.80. The highest BCUT2D eigenvalue weighted by atomic mass is 17.3. The Kier molecular flexibility index (Phi) is 2.83. The van der Waals surface area contributed by atoms with Crippen LogP contribution < -0.4 is 0 Å². The van der Waals surface area contributed by atoms with E-state index in [0.29, 0.717) is 13.2 Å². The second-order valence-electron chi connectivity index (χ2n) is 5.02. The summed E-state index contributed by atoms with van der Waals surface area (Å²) < 4.78 is 0. The molecule has 0 saturated heterocycles. The molecule has 0 spiro atoms. The molecule has 6 nitrogen and oxygen atoms in total. The second kappa shape index (κ2) is 3.89. The van der Waals surface area contributed by atoms with Crippen molar-refractivity contribution in [1.29, 1.82) is 0 Å². The zero-order valence-electron chi connectivity index (χ0n) is 10.2. The Bertz CT molecular complexity index is 299. The van der Waals surface area contributed by atoms with Gasteiger partial charge in [0, 0.05) is 12.4 Å². The first-order valence-electron chi connectivity index (χ1n) is 5.36. The summed E-state index contributed by atoms with van der Waals surface area (Å²) in [4.78, 5) is 19.0. The van der Waals surface area contributed by atoms with Gasteiger partial charge in [0.05, 0.1) is 12.1 Å². The largest absolute Gasteiger partial charge is 0.278 e. The predicted molar refractivity (Wildman–Crippen MR) is 60.7 cm³/mol. The maximum absolute atomic E-state index is 5.37. The number of nitrogens with zero attached hydrogens (tertiary/aromatic N) is 4. The molecular formula is C10H18N4O2. The van der Waals surface area contributed by atoms with Gasteiger partial charge in [-0.15, -0.1) is 20.1 Å². The topological polar surface area (TPSA) is 49.7 Å². The van der Waals surface area contributed by atoms with Gasteiger partial charge in [-0.2, -0.15) is 0 Å². The van der Waals surface area contributed by atoms with Crippen LogP contribution in [0.4, 0.5) is 0 Å². The third kappa shape index (κ3) is 2.15. The van der Waals surface area contributed by atoms with E-state index in [1.165, 1.54) is 0 Å². The van der Waals surface area contributed by atoms with Gasteiger partial charge in [0.25, 0.3) is 0 Å². The van der Waals surface area contributed by atoms with Crippen LogP contribution in [0.3, 0.4) is 0 Å². The summed E-state index contributed by atoms with van der Waals surface area (Å²) in [6.45, 7) is 9.15. The van der Waals surface area contributed by atoms with Gasteiger partial charge in [0.15, 0.2) is 0 Å². The average molecular weight is 226 g/mol. The van der Waals surface area contributed by atoms with Crippen LogP contribution in [0, 0.1) is 0 Å². The third-order valence-electron chi connectivity index (χ3n) is 2.58. The minimum Gasteiger partial charge on any atom is -0.278 e. The molecule has 0 aromatic carbocycles. The molecule has 0 saturated carbocycles. The normalized spacial score (nSPS) is 28.0. The summed E-state index contributed by atoms with van der Waals surface area (Å²) >= 11 is 0. The van der Waals surface area contributed by atoms with Crippen LogP contribution >= 0.6 is 0 Å². The van der Waals surface area contributed by atoms with Crippen LogP contribution in [0.5, 0.6) is 0 Å². The molecule has 0 aromatic rings. The van der Waals surface area contributed by atoms with Gasteiger partial charge in [-0.3, -0.25) is 9.98 Å². The van der Waals surface area contributed by atoms with E-state index in [2.05, 4.69) is 9.98 Å². The lowest BCUT2D eigenvalue weighted by atomic mass is 10.1. The zero-order chi connectivity index (χ0) is 11.8. The Balaban J connectivity index is 1.92. The van der Waals surface area contributed by atoms with Crippen molar-refractivity contribution in [2.75, 3.05) is 13.2 Å². The molecule has 6 heteroatoms. The maximum atomic E-state index is 5.37. The number of hydroxylamine groups is 4. The Morgan fingerprint density at radius 2 is 1.94 bits per heavy atom. The fourth-order valence-electron chi connectivity index (χ4n) is 1.80. The molecule has 2 rings (SSSR count). The molecule has 0 aromatic heterocycles. The van der Waals surface area contributed by atoms with E-state index in [0.717, 1.165) is 0 Å². The van der Waals surface area contributed by atoms with Crippen LogP contribution in [0.2, 0.25) is 0 Å². The molecule has 0 atom stereocenters. The van der Waals surface area contributed by atoms with E-state index >= 15 is 0 Å². The van der Waals surface area contributed by atoms with E-state index in [1.807, 2.05) is 33.9 Å². The van der Waals surface area contributed by atoms with Gasteiger partial charge in [0.2, 0.25) is 0 Å². The van der Waals surface area contributed by atoms with Gasteiger partial charge < -0.3 is 0 Å². The van der Waals surface area contributed by atoms with E-state index in [-0.39, 0.29) is 5.54 Å². The summed E-state index contributed by atoms with van der Waals surface area (Å²) in [5.74, 6) is 0. The molecule has 90 valence electrons. The maximum Gasteiger partial charge on any atom is 0.133 e. The van der Waals surface area contributed by atoms with Gasteiger partial charge in [0.1, 0.15) is 12.3 Å². The summed E-state index contributed by atoms with van der Waals surface area (Å²) in [6.07, 6.45) is 3.66. The summed E-state index contributed by atoms with van der Waals surface area (Å²) in [6, 6.07) is 0. The highest BCUT2D eigenvalue weighted by molar-refractivity contribution is 5.71. The predicted octanol–water partition coefficient (Wildman–Crippen LogP) is 1.01. The van der Waals surface area contributed by atoms with E-state index in [1.54, 1.807) is 16.3 Å². The lowest BCUT2D eigenvalue weighted by Crippen LogP contribution is -2.50. The van der Waals surface area contributed by atoms with Crippen LogP contribution in [-0.4, -0.2) is 47.0 Å². The van der Waals surface area contributed by atoms with E-state index in [9.17, 15) is 0 Å². The molecule has 16 heavy (non-hydrogen) atoms. The third-order valence-corrected chi connectivity index (χ3v) is 2.58. The summed E-state index contributed by atoms with van der Waals surface area (Å²) in [5.41, 5.74) is -0.686. The van der Waals surface area contributed by atoms with Crippen molar-refractivity contribution in [2.45, 2.75) is 38.9 Å². The van der Waals surface area contributed by atoms with Crippen LogP contribution in [0.1, 0.15) is 27.7 Å². The Hall–Kier alpha value is -0.820. The lowest BCUT2D eigenvalue weighted by molar-refractivity contribution is -0.532. The van der Waals surface area contributed by atoms with Crippen molar-refractivity contribution >= 4 is 12.4 Å². The highest BCUT2D eigenvalue weighted by Gasteiger charge is 2.44. The van der Waals surface area contributed by atoms with E-state index < -0.39 is 5.66 Å². The molecule has 2 heterocycles. The summed E-state index contributed by atoms with van der Waals surface area (Å²) in [5, 5.41) is 3.36. The van der Waals surface area contributed by atoms with E-state index in [4.69, 9.17) is 9.98 Å². The van der Waals surface area contributed by atoms with Gasteiger partial charge >= 0.3 is 0 Å². The van der Waals surface area contributed by atoms with Crippen molar-refractivity contribution < 1.29 is 9.98 Å². The minimum absolute atomic E-state index is 0.274. The zero-order valence-corrected chi connectivity index (χ0v) is 10.2. The smallest absolute Gasteiger partial charge is 0.133 e. The molecule has 0 amide bonds. The van der Waals surface area contributed by atoms with Crippen LogP contribution in [0.25, 0.3) is 0 Å². The number of hydrogen-bond donors (Lipinski definition) is 0. The first-order valence-corrected chi connectivity index (χ1v) is 5.36. The number of rotatable bonds is 3. The summed E-state index contributed by atoms with van der Waals surface area (Å²) in [7, 11) is 0. The lowest BCUT2D eigenvalue weighted by Gasteiger charge is -2.35. The van der Waals surface area contributed by atoms with Crippen molar-refractivity contribution in [2.24, 2.45) is 9.98 Å². The quantitative estimate of drug-likeness (QED) is 0.532. The number of aliphatic imine (C=N–C) groups is 2. The average Bonchev–Trinajstić information content (AvgIpc) is 2.73. The Morgan fingerprint density at radius 3 is 2.44 bits per heavy atom. The molecule has 0 fully saturated rings. The van der Waals surface area contributed by atoms with Gasteiger partial charge in [-0.25, -0.2) is 0 Å². The van der Waals surface area contributed by atoms with Gasteiger partial charge in [-0.1, -0.05) is 0 Å². The molecule has 0 bridgehead atoms. The molecule has 0 N–H and O–H groups in total. The minimum atomic E-state index is -0.413. The number of hydrogen-bond acceptors (Lipinski definition) is 6. The molecule has 2 aliphatic heterocycles. The first kappa shape index (κ1) is 11.7. The van der Waals surface area contributed by atoms with Crippen LogP contribution in [0.15, 0.2) is 9.98 Å². The molecular weight excluding hydrogens is 208 g/mol. The molecule has 2 aliphatic rings. The van der Waals surface area contributed by atoms with Crippen molar-refractivity contribution in [1.82, 2.24) is 10.1 Å². The molecule has 0 aliphatic carbocycles.